The number of hydrogen-bond acceptors (Lipinski definition) is 4. The Balaban J connectivity index is 2.75. The molecule has 5 nitrogen and oxygen atoms in total. The highest BCUT2D eigenvalue weighted by atomic mass is 16.4. The molecule has 1 rings (SSSR count). The van der Waals surface area contributed by atoms with Gasteiger partial charge in [0.1, 0.15) is 6.04 Å². The maximum Gasteiger partial charge on any atom is 0.488 e. The first-order valence-electron chi connectivity index (χ1n) is 6.12. The monoisotopic (exact) mass is 263 g/mol. The number of carboxylic acids is 1. The van der Waals surface area contributed by atoms with Crippen LogP contribution in [0.4, 0.5) is 0 Å². The Hall–Kier alpha value is -1.66. The van der Waals surface area contributed by atoms with E-state index in [1.165, 1.54) is 6.21 Å². The summed E-state index contributed by atoms with van der Waals surface area (Å²) in [4.78, 5) is 15.1. The smallest absolute Gasteiger partial charge is 0.480 e. The number of hydrogen-bond donors (Lipinski definition) is 3. The van der Waals surface area contributed by atoms with E-state index in [0.29, 0.717) is 11.9 Å². The van der Waals surface area contributed by atoms with E-state index in [0.717, 1.165) is 5.56 Å². The molecule has 0 fully saturated rings. The van der Waals surface area contributed by atoms with Crippen molar-refractivity contribution in [3.63, 3.8) is 0 Å². The van der Waals surface area contributed by atoms with Gasteiger partial charge in [-0.25, -0.2) is 4.79 Å². The maximum absolute atomic E-state index is 11.0. The Morgan fingerprint density at radius 3 is 2.32 bits per heavy atom. The van der Waals surface area contributed by atoms with Gasteiger partial charge >= 0.3 is 13.1 Å². The van der Waals surface area contributed by atoms with Crippen LogP contribution in [0.25, 0.3) is 0 Å². The van der Waals surface area contributed by atoms with Crippen LogP contribution in [0.5, 0.6) is 0 Å². The number of benzene rings is 1. The van der Waals surface area contributed by atoms with Crippen LogP contribution in [0.15, 0.2) is 29.3 Å². The lowest BCUT2D eigenvalue weighted by Gasteiger charge is -2.09. The zero-order valence-corrected chi connectivity index (χ0v) is 11.0. The molecule has 0 bridgehead atoms. The van der Waals surface area contributed by atoms with Gasteiger partial charge in [0.2, 0.25) is 0 Å². The van der Waals surface area contributed by atoms with E-state index in [-0.39, 0.29) is 5.92 Å². The van der Waals surface area contributed by atoms with Gasteiger partial charge in [0.15, 0.2) is 0 Å². The van der Waals surface area contributed by atoms with Gasteiger partial charge in [-0.2, -0.15) is 0 Å². The molecule has 1 aromatic rings. The SMILES string of the molecule is CC(C)CC(N=Cc1ccc(B(O)O)cc1)C(=O)O. The molecule has 0 heterocycles. The standard InChI is InChI=1S/C13H18BNO4/c1-9(2)7-12(13(16)17)15-8-10-3-5-11(6-4-10)14(18)19/h3-6,8-9,12,18-19H,7H2,1-2H3,(H,16,17). The van der Waals surface area contributed by atoms with Gasteiger partial charge in [-0.05, 0) is 23.4 Å². The Kier molecular flexibility index (Phi) is 5.72. The molecule has 1 atom stereocenters. The Bertz CT molecular complexity index is 442. The molecule has 6 heteroatoms. The summed E-state index contributed by atoms with van der Waals surface area (Å²) in [6, 6.07) is 5.69. The van der Waals surface area contributed by atoms with E-state index in [2.05, 4.69) is 4.99 Å². The summed E-state index contributed by atoms with van der Waals surface area (Å²) in [7, 11) is -1.50. The lowest BCUT2D eigenvalue weighted by molar-refractivity contribution is -0.138. The van der Waals surface area contributed by atoms with Gasteiger partial charge in [-0.1, -0.05) is 38.1 Å². The fourth-order valence-corrected chi connectivity index (χ4v) is 1.60. The highest BCUT2D eigenvalue weighted by Crippen LogP contribution is 2.08. The molecule has 0 aromatic heterocycles. The van der Waals surface area contributed by atoms with Gasteiger partial charge in [-0.3, -0.25) is 4.99 Å². The average molecular weight is 263 g/mol. The molecular formula is C13H18BNO4. The van der Waals surface area contributed by atoms with Crippen LogP contribution in [0.1, 0.15) is 25.8 Å². The molecule has 0 aliphatic rings. The van der Waals surface area contributed by atoms with Gasteiger partial charge in [0, 0.05) is 6.21 Å². The minimum atomic E-state index is -1.50. The van der Waals surface area contributed by atoms with Crippen LogP contribution in [-0.2, 0) is 4.79 Å². The minimum absolute atomic E-state index is 0.255. The summed E-state index contributed by atoms with van der Waals surface area (Å²) in [6.07, 6.45) is 1.98. The summed E-state index contributed by atoms with van der Waals surface area (Å²) in [5, 5.41) is 26.9. The lowest BCUT2D eigenvalue weighted by atomic mass is 9.80. The minimum Gasteiger partial charge on any atom is -0.480 e. The zero-order valence-electron chi connectivity index (χ0n) is 11.0. The van der Waals surface area contributed by atoms with Crippen LogP contribution >= 0.6 is 0 Å². The van der Waals surface area contributed by atoms with Crippen LogP contribution in [0.2, 0.25) is 0 Å². The molecule has 1 unspecified atom stereocenters. The molecule has 0 saturated heterocycles. The summed E-state index contributed by atoms with van der Waals surface area (Å²) in [5.41, 5.74) is 1.11. The molecule has 0 radical (unpaired) electrons. The molecular weight excluding hydrogens is 245 g/mol. The highest BCUT2D eigenvalue weighted by Gasteiger charge is 2.16. The van der Waals surface area contributed by atoms with Crippen molar-refractivity contribution in [3.8, 4) is 0 Å². The number of carboxylic acid groups (broad SMARTS) is 1. The lowest BCUT2D eigenvalue weighted by Crippen LogP contribution is -2.29. The zero-order chi connectivity index (χ0) is 14.4. The summed E-state index contributed by atoms with van der Waals surface area (Å²) in [6.45, 7) is 3.89. The summed E-state index contributed by atoms with van der Waals surface area (Å²) < 4.78 is 0. The molecule has 0 aliphatic heterocycles. The first-order valence-corrected chi connectivity index (χ1v) is 6.12. The predicted molar refractivity (Wildman–Crippen MR) is 74.7 cm³/mol. The number of nitrogens with zero attached hydrogens (tertiary/aromatic N) is 1. The molecule has 3 N–H and O–H groups in total. The average Bonchev–Trinajstić information content (AvgIpc) is 2.34. The number of rotatable bonds is 6. The Morgan fingerprint density at radius 1 is 1.32 bits per heavy atom. The van der Waals surface area contributed by atoms with Gasteiger partial charge in [-0.15, -0.1) is 0 Å². The number of aliphatic carboxylic acids is 1. The van der Waals surface area contributed by atoms with Crippen molar-refractivity contribution < 1.29 is 19.9 Å². The largest absolute Gasteiger partial charge is 0.488 e. The summed E-state index contributed by atoms with van der Waals surface area (Å²) in [5.74, 6) is -0.683. The number of aliphatic imine (C=N–C) groups is 1. The third kappa shape index (κ3) is 5.24. The molecule has 0 amide bonds. The van der Waals surface area contributed by atoms with Gasteiger partial charge in [0.05, 0.1) is 0 Å². The Morgan fingerprint density at radius 2 is 1.89 bits per heavy atom. The fraction of sp³-hybridized carbons (Fsp3) is 0.385. The van der Waals surface area contributed by atoms with Crippen molar-refractivity contribution in [1.29, 1.82) is 0 Å². The second kappa shape index (κ2) is 7.06. The van der Waals surface area contributed by atoms with Crippen LogP contribution < -0.4 is 5.46 Å². The van der Waals surface area contributed by atoms with E-state index in [1.807, 2.05) is 13.8 Å². The third-order valence-corrected chi connectivity index (χ3v) is 2.62. The molecule has 1 aromatic carbocycles. The van der Waals surface area contributed by atoms with E-state index in [9.17, 15) is 4.79 Å². The van der Waals surface area contributed by atoms with Crippen LogP contribution in [0, 0.1) is 5.92 Å². The normalized spacial score (nSPS) is 12.9. The molecule has 19 heavy (non-hydrogen) atoms. The van der Waals surface area contributed by atoms with E-state index >= 15 is 0 Å². The molecule has 0 aliphatic carbocycles. The highest BCUT2D eigenvalue weighted by molar-refractivity contribution is 6.58. The van der Waals surface area contributed by atoms with Crippen LogP contribution in [0.3, 0.4) is 0 Å². The van der Waals surface area contributed by atoms with Crippen molar-refractivity contribution >= 4 is 24.8 Å². The van der Waals surface area contributed by atoms with Crippen LogP contribution in [-0.4, -0.2) is 40.5 Å². The van der Waals surface area contributed by atoms with Crippen molar-refractivity contribution in [2.45, 2.75) is 26.3 Å². The maximum atomic E-state index is 11.0. The van der Waals surface area contributed by atoms with E-state index < -0.39 is 19.1 Å². The topological polar surface area (TPSA) is 90.1 Å². The fourth-order valence-electron chi connectivity index (χ4n) is 1.60. The van der Waals surface area contributed by atoms with Crippen molar-refractivity contribution in [2.24, 2.45) is 10.9 Å². The molecule has 0 saturated carbocycles. The number of carbonyl (C=O) groups is 1. The second-order valence-corrected chi connectivity index (χ2v) is 4.80. The van der Waals surface area contributed by atoms with Crippen molar-refractivity contribution in [3.05, 3.63) is 29.8 Å². The first-order chi connectivity index (χ1) is 8.90. The van der Waals surface area contributed by atoms with Gasteiger partial charge < -0.3 is 15.2 Å². The quantitative estimate of drug-likeness (QED) is 0.508. The second-order valence-electron chi connectivity index (χ2n) is 4.80. The predicted octanol–water partition coefficient (Wildman–Crippen LogP) is 0.285. The van der Waals surface area contributed by atoms with E-state index in [4.69, 9.17) is 15.2 Å². The molecule has 0 spiro atoms. The summed E-state index contributed by atoms with van der Waals surface area (Å²) >= 11 is 0. The third-order valence-electron chi connectivity index (χ3n) is 2.62. The Labute approximate surface area is 112 Å². The first kappa shape index (κ1) is 15.4. The van der Waals surface area contributed by atoms with Crippen molar-refractivity contribution in [1.82, 2.24) is 0 Å². The van der Waals surface area contributed by atoms with Gasteiger partial charge in [0.25, 0.3) is 0 Å². The molecule has 102 valence electrons. The van der Waals surface area contributed by atoms with Crippen molar-refractivity contribution in [2.75, 3.05) is 0 Å². The van der Waals surface area contributed by atoms with E-state index in [1.54, 1.807) is 24.3 Å².